The van der Waals surface area contributed by atoms with Crippen LogP contribution < -0.4 is 4.72 Å². The molecule has 0 unspecified atom stereocenters. The van der Waals surface area contributed by atoms with E-state index in [1.807, 2.05) is 31.2 Å². The molecular formula is C14H16N2O2S. The number of sulfonamides is 1. The molecule has 1 heterocycles. The molecule has 5 heteroatoms. The molecule has 0 atom stereocenters. The Morgan fingerprint density at radius 3 is 2.26 bits per heavy atom. The van der Waals surface area contributed by atoms with Crippen LogP contribution in [0.15, 0.2) is 48.8 Å². The lowest BCUT2D eigenvalue weighted by molar-refractivity contribution is 0.580. The Bertz CT molecular complexity index is 622. The maximum absolute atomic E-state index is 11.9. The van der Waals surface area contributed by atoms with E-state index in [9.17, 15) is 8.42 Å². The first-order valence-corrected chi connectivity index (χ1v) is 7.62. The molecule has 19 heavy (non-hydrogen) atoms. The average molecular weight is 276 g/mol. The van der Waals surface area contributed by atoms with Crippen molar-refractivity contribution in [3.8, 4) is 0 Å². The largest absolute Gasteiger partial charge is 0.265 e. The number of aromatic nitrogens is 1. The molecule has 0 aliphatic rings. The summed E-state index contributed by atoms with van der Waals surface area (Å²) in [7, 11) is -3.32. The van der Waals surface area contributed by atoms with Crippen molar-refractivity contribution >= 4 is 10.0 Å². The minimum absolute atomic E-state index is 0.00162. The molecule has 0 bridgehead atoms. The quantitative estimate of drug-likeness (QED) is 0.908. The van der Waals surface area contributed by atoms with Crippen molar-refractivity contribution in [2.45, 2.75) is 19.2 Å². The highest BCUT2D eigenvalue weighted by Gasteiger charge is 2.10. The second kappa shape index (κ2) is 5.95. The predicted octanol–water partition coefficient (Wildman–Crippen LogP) is 2.01. The summed E-state index contributed by atoms with van der Waals surface area (Å²) in [5.74, 6) is -0.00162. The molecule has 1 aromatic heterocycles. The highest BCUT2D eigenvalue weighted by Crippen LogP contribution is 2.07. The van der Waals surface area contributed by atoms with Crippen LogP contribution in [0, 0.1) is 6.92 Å². The third-order valence-corrected chi connectivity index (χ3v) is 4.02. The van der Waals surface area contributed by atoms with Gasteiger partial charge in [0.15, 0.2) is 0 Å². The van der Waals surface area contributed by atoms with Crippen LogP contribution in [0.25, 0.3) is 0 Å². The first kappa shape index (κ1) is 13.7. The molecule has 0 aliphatic heterocycles. The van der Waals surface area contributed by atoms with Crippen molar-refractivity contribution in [3.63, 3.8) is 0 Å². The highest BCUT2D eigenvalue weighted by molar-refractivity contribution is 7.88. The Kier molecular flexibility index (Phi) is 4.29. The molecule has 2 rings (SSSR count). The van der Waals surface area contributed by atoms with Crippen LogP contribution in [0.4, 0.5) is 0 Å². The van der Waals surface area contributed by atoms with Gasteiger partial charge in [-0.15, -0.1) is 0 Å². The molecule has 0 amide bonds. The Labute approximate surface area is 113 Å². The summed E-state index contributed by atoms with van der Waals surface area (Å²) in [6.07, 6.45) is 3.28. The summed E-state index contributed by atoms with van der Waals surface area (Å²) in [6.45, 7) is 2.26. The van der Waals surface area contributed by atoms with E-state index in [-0.39, 0.29) is 12.3 Å². The number of rotatable bonds is 5. The van der Waals surface area contributed by atoms with Gasteiger partial charge in [0, 0.05) is 18.9 Å². The van der Waals surface area contributed by atoms with E-state index in [0.29, 0.717) is 0 Å². The number of pyridine rings is 1. The molecule has 4 nitrogen and oxygen atoms in total. The molecule has 0 saturated carbocycles. The van der Waals surface area contributed by atoms with Gasteiger partial charge in [-0.3, -0.25) is 4.98 Å². The second-order valence-corrected chi connectivity index (χ2v) is 6.23. The van der Waals surface area contributed by atoms with Crippen molar-refractivity contribution in [3.05, 3.63) is 65.5 Å². The fraction of sp³-hybridized carbons (Fsp3) is 0.214. The van der Waals surface area contributed by atoms with Crippen LogP contribution in [0.2, 0.25) is 0 Å². The van der Waals surface area contributed by atoms with Gasteiger partial charge in [0.1, 0.15) is 0 Å². The van der Waals surface area contributed by atoms with E-state index in [4.69, 9.17) is 0 Å². The van der Waals surface area contributed by atoms with E-state index >= 15 is 0 Å². The van der Waals surface area contributed by atoms with E-state index in [1.54, 1.807) is 24.5 Å². The van der Waals surface area contributed by atoms with E-state index in [0.717, 1.165) is 16.7 Å². The van der Waals surface area contributed by atoms with Crippen molar-refractivity contribution in [2.24, 2.45) is 0 Å². The first-order chi connectivity index (χ1) is 9.05. The van der Waals surface area contributed by atoms with Gasteiger partial charge in [-0.25, -0.2) is 13.1 Å². The normalized spacial score (nSPS) is 11.4. The second-order valence-electron chi connectivity index (χ2n) is 4.42. The highest BCUT2D eigenvalue weighted by atomic mass is 32.2. The Morgan fingerprint density at radius 1 is 1.00 bits per heavy atom. The number of nitrogens with one attached hydrogen (secondary N) is 1. The van der Waals surface area contributed by atoms with Crippen LogP contribution in [0.5, 0.6) is 0 Å². The third kappa shape index (κ3) is 4.46. The SMILES string of the molecule is Cc1ccc(CS(=O)(=O)NCc2ccncc2)cc1. The Hall–Kier alpha value is -1.72. The molecule has 0 aliphatic carbocycles. The molecule has 1 N–H and O–H groups in total. The van der Waals surface area contributed by atoms with Gasteiger partial charge >= 0.3 is 0 Å². The molecule has 0 spiro atoms. The van der Waals surface area contributed by atoms with Crippen molar-refractivity contribution in [1.29, 1.82) is 0 Å². The lowest BCUT2D eigenvalue weighted by atomic mass is 10.2. The number of hydrogen-bond acceptors (Lipinski definition) is 3. The average Bonchev–Trinajstić information content (AvgIpc) is 2.40. The molecule has 0 fully saturated rings. The fourth-order valence-electron chi connectivity index (χ4n) is 1.65. The minimum atomic E-state index is -3.32. The number of aryl methyl sites for hydroxylation is 1. The zero-order chi connectivity index (χ0) is 13.7. The summed E-state index contributed by atoms with van der Waals surface area (Å²) in [5.41, 5.74) is 2.79. The predicted molar refractivity (Wildman–Crippen MR) is 74.9 cm³/mol. The van der Waals surface area contributed by atoms with Crippen LogP contribution in [-0.2, 0) is 22.3 Å². The number of hydrogen-bond donors (Lipinski definition) is 1. The smallest absolute Gasteiger partial charge is 0.216 e. The summed E-state index contributed by atoms with van der Waals surface area (Å²) in [4.78, 5) is 3.89. The topological polar surface area (TPSA) is 59.1 Å². The van der Waals surface area contributed by atoms with Crippen LogP contribution >= 0.6 is 0 Å². The number of nitrogens with zero attached hydrogens (tertiary/aromatic N) is 1. The van der Waals surface area contributed by atoms with Crippen LogP contribution in [0.3, 0.4) is 0 Å². The molecule has 100 valence electrons. The van der Waals surface area contributed by atoms with Crippen molar-refractivity contribution in [2.75, 3.05) is 0 Å². The van der Waals surface area contributed by atoms with Gasteiger partial charge < -0.3 is 0 Å². The van der Waals surface area contributed by atoms with E-state index in [1.165, 1.54) is 0 Å². The summed E-state index contributed by atoms with van der Waals surface area (Å²) in [5, 5.41) is 0. The summed E-state index contributed by atoms with van der Waals surface area (Å²) < 4.78 is 26.4. The molecule has 2 aromatic rings. The Balaban J connectivity index is 1.97. The monoisotopic (exact) mass is 276 g/mol. The summed E-state index contributed by atoms with van der Waals surface area (Å²) >= 11 is 0. The number of benzene rings is 1. The molecule has 0 radical (unpaired) electrons. The Morgan fingerprint density at radius 2 is 1.63 bits per heavy atom. The standard InChI is InChI=1S/C14H16N2O2S/c1-12-2-4-14(5-3-12)11-19(17,18)16-10-13-6-8-15-9-7-13/h2-9,16H,10-11H2,1H3. The van der Waals surface area contributed by atoms with Crippen molar-refractivity contribution in [1.82, 2.24) is 9.71 Å². The summed E-state index contributed by atoms with van der Waals surface area (Å²) in [6, 6.07) is 11.1. The molecule has 1 aromatic carbocycles. The lowest BCUT2D eigenvalue weighted by Gasteiger charge is -2.07. The van der Waals surface area contributed by atoms with Gasteiger partial charge in [-0.05, 0) is 30.2 Å². The van der Waals surface area contributed by atoms with Crippen LogP contribution in [-0.4, -0.2) is 13.4 Å². The minimum Gasteiger partial charge on any atom is -0.265 e. The maximum atomic E-state index is 11.9. The maximum Gasteiger partial charge on any atom is 0.216 e. The van der Waals surface area contributed by atoms with Gasteiger partial charge in [-0.2, -0.15) is 0 Å². The molecular weight excluding hydrogens is 260 g/mol. The van der Waals surface area contributed by atoms with Gasteiger partial charge in [0.2, 0.25) is 10.0 Å². The first-order valence-electron chi connectivity index (χ1n) is 5.97. The fourth-order valence-corrected chi connectivity index (χ4v) is 2.77. The lowest BCUT2D eigenvalue weighted by Crippen LogP contribution is -2.24. The van der Waals surface area contributed by atoms with Gasteiger partial charge in [-0.1, -0.05) is 29.8 Å². The zero-order valence-corrected chi connectivity index (χ0v) is 11.5. The van der Waals surface area contributed by atoms with E-state index in [2.05, 4.69) is 9.71 Å². The van der Waals surface area contributed by atoms with Crippen LogP contribution in [0.1, 0.15) is 16.7 Å². The van der Waals surface area contributed by atoms with Gasteiger partial charge in [0.25, 0.3) is 0 Å². The van der Waals surface area contributed by atoms with E-state index < -0.39 is 10.0 Å². The zero-order valence-electron chi connectivity index (χ0n) is 10.7. The van der Waals surface area contributed by atoms with Gasteiger partial charge in [0.05, 0.1) is 5.75 Å². The molecule has 0 saturated heterocycles. The van der Waals surface area contributed by atoms with Crippen molar-refractivity contribution < 1.29 is 8.42 Å². The third-order valence-electron chi connectivity index (χ3n) is 2.72.